The molecule has 1 aromatic heterocycles. The van der Waals surface area contributed by atoms with Crippen molar-refractivity contribution < 1.29 is 14.2 Å². The lowest BCUT2D eigenvalue weighted by Crippen LogP contribution is -2.21. The van der Waals surface area contributed by atoms with Crippen molar-refractivity contribution in [3.05, 3.63) is 47.5 Å². The minimum absolute atomic E-state index is 0.334. The van der Waals surface area contributed by atoms with Crippen molar-refractivity contribution in [3.8, 4) is 5.75 Å². The normalized spacial score (nSPS) is 12.7. The molecule has 5 nitrogen and oxygen atoms in total. The monoisotopic (exact) mass is 293 g/mol. The molecule has 1 N–H and O–H groups in total. The van der Waals surface area contributed by atoms with Crippen LogP contribution in [0.25, 0.3) is 0 Å². The molecule has 114 valence electrons. The lowest BCUT2D eigenvalue weighted by molar-refractivity contribution is 0.200. The first kappa shape index (κ1) is 15.5. The summed E-state index contributed by atoms with van der Waals surface area (Å²) < 4.78 is 20.0. The van der Waals surface area contributed by atoms with Gasteiger partial charge >= 0.3 is 0 Å². The van der Waals surface area contributed by atoms with E-state index in [4.69, 9.17) is 4.74 Å². The molecule has 2 aromatic rings. The second-order valence-corrected chi connectivity index (χ2v) is 5.08. The molecule has 0 aliphatic rings. The number of aliphatic hydroxyl groups excluding tert-OH is 1. The second kappa shape index (κ2) is 6.69. The second-order valence-electron chi connectivity index (χ2n) is 5.08. The van der Waals surface area contributed by atoms with Gasteiger partial charge < -0.3 is 14.7 Å². The molecule has 0 aliphatic heterocycles. The maximum absolute atomic E-state index is 13.0. The third-order valence-electron chi connectivity index (χ3n) is 3.27. The van der Waals surface area contributed by atoms with Crippen LogP contribution >= 0.6 is 0 Å². The number of benzene rings is 1. The standard InChI is InChI=1S/C15H20FN3O2/c1-18(2)8-9-19-14(13(21-3)10-17-19)15(20)11-4-6-12(16)7-5-11/h4-7,10,15,20H,8-9H2,1-3H3. The van der Waals surface area contributed by atoms with Crippen LogP contribution in [0.1, 0.15) is 17.4 Å². The van der Waals surface area contributed by atoms with Crippen molar-refractivity contribution in [1.82, 2.24) is 14.7 Å². The minimum atomic E-state index is -0.912. The number of methoxy groups -OCH3 is 1. The highest BCUT2D eigenvalue weighted by Gasteiger charge is 2.21. The molecule has 1 aromatic carbocycles. The van der Waals surface area contributed by atoms with E-state index in [0.717, 1.165) is 6.54 Å². The van der Waals surface area contributed by atoms with E-state index < -0.39 is 6.10 Å². The van der Waals surface area contributed by atoms with Crippen molar-refractivity contribution in [2.45, 2.75) is 12.6 Å². The third-order valence-corrected chi connectivity index (χ3v) is 3.27. The number of aliphatic hydroxyl groups is 1. The van der Waals surface area contributed by atoms with E-state index in [2.05, 4.69) is 5.10 Å². The SMILES string of the molecule is COc1cnn(CCN(C)C)c1C(O)c1ccc(F)cc1. The molecule has 0 aliphatic carbocycles. The van der Waals surface area contributed by atoms with Crippen molar-refractivity contribution in [1.29, 1.82) is 0 Å². The Kier molecular flexibility index (Phi) is 4.93. The third kappa shape index (κ3) is 3.59. The molecule has 6 heteroatoms. The zero-order chi connectivity index (χ0) is 15.4. The topological polar surface area (TPSA) is 50.5 Å². The van der Waals surface area contributed by atoms with Gasteiger partial charge in [0.15, 0.2) is 5.75 Å². The summed E-state index contributed by atoms with van der Waals surface area (Å²) in [6.45, 7) is 1.41. The van der Waals surface area contributed by atoms with Crippen molar-refractivity contribution >= 4 is 0 Å². The van der Waals surface area contributed by atoms with Crippen LogP contribution in [0.2, 0.25) is 0 Å². The summed E-state index contributed by atoms with van der Waals surface area (Å²) in [6.07, 6.45) is 0.669. The summed E-state index contributed by atoms with van der Waals surface area (Å²) in [5.74, 6) is 0.185. The van der Waals surface area contributed by atoms with Crippen LogP contribution in [-0.4, -0.2) is 47.5 Å². The van der Waals surface area contributed by atoms with Crippen molar-refractivity contribution in [2.75, 3.05) is 27.7 Å². The van der Waals surface area contributed by atoms with E-state index >= 15 is 0 Å². The Bertz CT molecular complexity index is 581. The number of rotatable bonds is 6. The fourth-order valence-corrected chi connectivity index (χ4v) is 2.09. The molecule has 2 rings (SSSR count). The summed E-state index contributed by atoms with van der Waals surface area (Å²) >= 11 is 0. The molecule has 1 unspecified atom stereocenters. The van der Waals surface area contributed by atoms with E-state index in [0.29, 0.717) is 23.6 Å². The maximum Gasteiger partial charge on any atom is 0.163 e. The summed E-state index contributed by atoms with van der Waals surface area (Å²) in [5, 5.41) is 14.8. The van der Waals surface area contributed by atoms with Gasteiger partial charge in [0, 0.05) is 6.54 Å². The smallest absolute Gasteiger partial charge is 0.163 e. The van der Waals surface area contributed by atoms with Crippen LogP contribution in [0.5, 0.6) is 5.75 Å². The first-order chi connectivity index (χ1) is 10.0. The first-order valence-corrected chi connectivity index (χ1v) is 6.71. The van der Waals surface area contributed by atoms with Gasteiger partial charge in [0.2, 0.25) is 0 Å². The molecule has 0 saturated carbocycles. The molecule has 0 radical (unpaired) electrons. The predicted octanol–water partition coefficient (Wildman–Crippen LogP) is 1.67. The number of likely N-dealkylation sites (N-methyl/N-ethyl adjacent to an activating group) is 1. The van der Waals surface area contributed by atoms with Crippen molar-refractivity contribution in [2.24, 2.45) is 0 Å². The van der Waals surface area contributed by atoms with Gasteiger partial charge in [-0.3, -0.25) is 4.68 Å². The van der Waals surface area contributed by atoms with Gasteiger partial charge in [-0.25, -0.2) is 4.39 Å². The van der Waals surface area contributed by atoms with Crippen LogP contribution < -0.4 is 4.74 Å². The zero-order valence-corrected chi connectivity index (χ0v) is 12.5. The molecule has 0 spiro atoms. The first-order valence-electron chi connectivity index (χ1n) is 6.71. The Labute approximate surface area is 123 Å². The van der Waals surface area contributed by atoms with Crippen LogP contribution in [-0.2, 0) is 6.54 Å². The van der Waals surface area contributed by atoms with Crippen LogP contribution in [0, 0.1) is 5.82 Å². The van der Waals surface area contributed by atoms with Gasteiger partial charge in [-0.1, -0.05) is 12.1 Å². The Balaban J connectivity index is 2.31. The largest absolute Gasteiger partial charge is 0.493 e. The number of nitrogens with zero attached hydrogens (tertiary/aromatic N) is 3. The van der Waals surface area contributed by atoms with Gasteiger partial charge in [-0.05, 0) is 31.8 Å². The summed E-state index contributed by atoms with van der Waals surface area (Å²) in [6, 6.07) is 5.77. The Morgan fingerprint density at radius 3 is 2.57 bits per heavy atom. The predicted molar refractivity (Wildman–Crippen MR) is 77.8 cm³/mol. The molecule has 0 amide bonds. The van der Waals surface area contributed by atoms with E-state index in [1.54, 1.807) is 23.0 Å². The number of halogens is 1. The lowest BCUT2D eigenvalue weighted by Gasteiger charge is -2.17. The van der Waals surface area contributed by atoms with Gasteiger partial charge in [0.05, 0.1) is 19.9 Å². The zero-order valence-electron chi connectivity index (χ0n) is 12.5. The molecule has 0 bridgehead atoms. The van der Waals surface area contributed by atoms with Crippen molar-refractivity contribution in [3.63, 3.8) is 0 Å². The highest BCUT2D eigenvalue weighted by molar-refractivity contribution is 5.34. The van der Waals surface area contributed by atoms with E-state index in [9.17, 15) is 9.50 Å². The number of aromatic nitrogens is 2. The molecular weight excluding hydrogens is 273 g/mol. The molecular formula is C15H20FN3O2. The summed E-state index contributed by atoms with van der Waals surface area (Å²) in [7, 11) is 5.47. The average molecular weight is 293 g/mol. The van der Waals surface area contributed by atoms with Gasteiger partial charge in [0.1, 0.15) is 17.6 Å². The summed E-state index contributed by atoms with van der Waals surface area (Å²) in [4.78, 5) is 2.03. The quantitative estimate of drug-likeness (QED) is 0.880. The van der Waals surface area contributed by atoms with Gasteiger partial charge in [0.25, 0.3) is 0 Å². The molecule has 1 heterocycles. The van der Waals surface area contributed by atoms with Crippen LogP contribution in [0.4, 0.5) is 4.39 Å². The van der Waals surface area contributed by atoms with Crippen LogP contribution in [0.15, 0.2) is 30.5 Å². The maximum atomic E-state index is 13.0. The van der Waals surface area contributed by atoms with E-state index in [-0.39, 0.29) is 5.82 Å². The fraction of sp³-hybridized carbons (Fsp3) is 0.400. The Morgan fingerprint density at radius 1 is 1.33 bits per heavy atom. The lowest BCUT2D eigenvalue weighted by atomic mass is 10.1. The molecule has 0 fully saturated rings. The minimum Gasteiger partial charge on any atom is -0.493 e. The highest BCUT2D eigenvalue weighted by atomic mass is 19.1. The van der Waals surface area contributed by atoms with E-state index in [1.807, 2.05) is 19.0 Å². The fourth-order valence-electron chi connectivity index (χ4n) is 2.09. The molecule has 1 atom stereocenters. The Hall–Kier alpha value is -1.92. The Morgan fingerprint density at radius 2 is 2.00 bits per heavy atom. The van der Waals surface area contributed by atoms with Crippen LogP contribution in [0.3, 0.4) is 0 Å². The highest BCUT2D eigenvalue weighted by Crippen LogP contribution is 2.29. The van der Waals surface area contributed by atoms with Gasteiger partial charge in [-0.15, -0.1) is 0 Å². The molecule has 21 heavy (non-hydrogen) atoms. The van der Waals surface area contributed by atoms with Gasteiger partial charge in [-0.2, -0.15) is 5.10 Å². The van der Waals surface area contributed by atoms with E-state index in [1.165, 1.54) is 19.2 Å². The number of hydrogen-bond donors (Lipinski definition) is 1. The number of ether oxygens (including phenoxy) is 1. The number of hydrogen-bond acceptors (Lipinski definition) is 4. The summed E-state index contributed by atoms with van der Waals surface area (Å²) in [5.41, 5.74) is 1.17. The molecule has 0 saturated heterocycles. The average Bonchev–Trinajstić information content (AvgIpc) is 2.88.